The lowest BCUT2D eigenvalue weighted by atomic mass is 9.97. The molecule has 4 aromatic rings. The van der Waals surface area contributed by atoms with Crippen molar-refractivity contribution in [3.63, 3.8) is 0 Å². The number of benzene rings is 2. The SMILES string of the molecule is CC(C)c1nc(N(c2nc3ccccc3n2C)S(C)(=O)=O)nc(-c2ccc(F)cc2)c1/C=C/[C@@H](O)C[C@@H](O)CC(=O)O. The Kier molecular flexibility index (Phi) is 9.04. The number of nitrogens with zero attached hydrogens (tertiary/aromatic N) is 5. The van der Waals surface area contributed by atoms with Gasteiger partial charge in [0.25, 0.3) is 0 Å². The van der Waals surface area contributed by atoms with Gasteiger partial charge < -0.3 is 19.9 Å². The lowest BCUT2D eigenvalue weighted by molar-refractivity contribution is -0.139. The monoisotopic (exact) mass is 597 g/mol. The molecule has 0 saturated heterocycles. The maximum atomic E-state index is 13.9. The quantitative estimate of drug-likeness (QED) is 0.232. The van der Waals surface area contributed by atoms with E-state index in [1.165, 1.54) is 36.4 Å². The van der Waals surface area contributed by atoms with Crippen LogP contribution in [0.3, 0.4) is 0 Å². The van der Waals surface area contributed by atoms with E-state index in [9.17, 15) is 27.8 Å². The molecule has 4 rings (SSSR count). The number of aliphatic carboxylic acids is 1. The molecule has 0 bridgehead atoms. The zero-order valence-corrected chi connectivity index (χ0v) is 24.3. The van der Waals surface area contributed by atoms with Gasteiger partial charge in [0.1, 0.15) is 5.82 Å². The van der Waals surface area contributed by atoms with Crippen molar-refractivity contribution in [2.75, 3.05) is 10.6 Å². The number of fused-ring (bicyclic) bond motifs is 1. The first-order valence-corrected chi connectivity index (χ1v) is 15.0. The Bertz CT molecular complexity index is 1740. The Hall–Kier alpha value is -4.20. The summed E-state index contributed by atoms with van der Waals surface area (Å²) in [7, 11) is -2.34. The van der Waals surface area contributed by atoms with E-state index in [4.69, 9.17) is 5.11 Å². The molecule has 0 aliphatic heterocycles. The topological polar surface area (TPSA) is 159 Å². The minimum absolute atomic E-state index is 0.0737. The Morgan fingerprint density at radius 1 is 1.07 bits per heavy atom. The highest BCUT2D eigenvalue weighted by Gasteiger charge is 2.30. The van der Waals surface area contributed by atoms with Crippen LogP contribution in [0.25, 0.3) is 28.4 Å². The molecule has 0 saturated carbocycles. The van der Waals surface area contributed by atoms with Crippen molar-refractivity contribution in [3.8, 4) is 11.3 Å². The number of para-hydroxylation sites is 2. The van der Waals surface area contributed by atoms with Crippen LogP contribution < -0.4 is 4.31 Å². The second-order valence-electron chi connectivity index (χ2n) is 10.2. The largest absolute Gasteiger partial charge is 0.481 e. The number of rotatable bonds is 11. The molecule has 2 heterocycles. The van der Waals surface area contributed by atoms with Gasteiger partial charge in [-0.2, -0.15) is 4.31 Å². The van der Waals surface area contributed by atoms with E-state index in [-0.39, 0.29) is 29.9 Å². The van der Waals surface area contributed by atoms with Crippen molar-refractivity contribution in [1.82, 2.24) is 19.5 Å². The summed E-state index contributed by atoms with van der Waals surface area (Å²) in [5.41, 5.74) is 2.87. The Morgan fingerprint density at radius 2 is 1.74 bits per heavy atom. The van der Waals surface area contributed by atoms with Crippen LogP contribution in [0.5, 0.6) is 0 Å². The van der Waals surface area contributed by atoms with E-state index >= 15 is 0 Å². The second-order valence-corrected chi connectivity index (χ2v) is 12.1. The third kappa shape index (κ3) is 6.81. The van der Waals surface area contributed by atoms with Crippen LogP contribution in [0.2, 0.25) is 0 Å². The predicted octanol–water partition coefficient (Wildman–Crippen LogP) is 3.99. The normalized spacial score (nSPS) is 13.6. The smallest absolute Gasteiger partial charge is 0.305 e. The number of anilines is 2. The summed E-state index contributed by atoms with van der Waals surface area (Å²) >= 11 is 0. The summed E-state index contributed by atoms with van der Waals surface area (Å²) < 4.78 is 42.9. The Balaban J connectivity index is 1.93. The molecule has 3 N–H and O–H groups in total. The van der Waals surface area contributed by atoms with Gasteiger partial charge in [0.2, 0.25) is 21.9 Å². The van der Waals surface area contributed by atoms with Gasteiger partial charge in [-0.25, -0.2) is 27.8 Å². The first kappa shape index (κ1) is 30.8. The fourth-order valence-corrected chi connectivity index (χ4v) is 5.39. The van der Waals surface area contributed by atoms with Crippen LogP contribution in [-0.2, 0) is 21.9 Å². The Morgan fingerprint density at radius 3 is 2.33 bits per heavy atom. The molecule has 2 aromatic heterocycles. The van der Waals surface area contributed by atoms with E-state index in [1.807, 2.05) is 26.0 Å². The third-order valence-electron chi connectivity index (χ3n) is 6.50. The number of aliphatic hydroxyl groups excluding tert-OH is 2. The molecule has 0 aliphatic carbocycles. The van der Waals surface area contributed by atoms with Crippen molar-refractivity contribution >= 4 is 45.0 Å². The van der Waals surface area contributed by atoms with Crippen molar-refractivity contribution in [3.05, 3.63) is 71.7 Å². The van der Waals surface area contributed by atoms with Crippen molar-refractivity contribution in [2.45, 2.75) is 44.8 Å². The van der Waals surface area contributed by atoms with Gasteiger partial charge in [-0.05, 0) is 42.3 Å². The summed E-state index contributed by atoms with van der Waals surface area (Å²) in [6, 6.07) is 12.7. The standard InChI is InChI=1S/C29H32FN5O6S/c1-17(2)26-22(14-13-20(36)15-21(37)16-25(38)39)27(18-9-11-19(30)12-10-18)33-28(32-26)35(42(4,40)41)29-31-23-7-5-6-8-24(23)34(29)3/h5-14,17,20-21,36-37H,15-16H2,1-4H3,(H,38,39)/b14-13+/t20-,21-/m1/s1. The number of aromatic nitrogens is 4. The fraction of sp³-hybridized carbons (Fsp3) is 0.310. The molecule has 0 aliphatic rings. The average molecular weight is 598 g/mol. The predicted molar refractivity (Wildman–Crippen MR) is 157 cm³/mol. The number of carbonyl (C=O) groups is 1. The molecule has 0 radical (unpaired) electrons. The summed E-state index contributed by atoms with van der Waals surface area (Å²) in [6.45, 7) is 3.70. The van der Waals surface area contributed by atoms with Crippen LogP contribution in [0, 0.1) is 5.82 Å². The van der Waals surface area contributed by atoms with Crippen LogP contribution in [-0.4, -0.2) is 67.7 Å². The summed E-state index contributed by atoms with van der Waals surface area (Å²) in [5, 5.41) is 29.3. The van der Waals surface area contributed by atoms with Gasteiger partial charge in [-0.3, -0.25) is 4.79 Å². The zero-order valence-electron chi connectivity index (χ0n) is 23.5. The number of carboxylic acids is 1. The van der Waals surface area contributed by atoms with E-state index in [2.05, 4.69) is 15.0 Å². The lowest BCUT2D eigenvalue weighted by Gasteiger charge is -2.23. The summed E-state index contributed by atoms with van der Waals surface area (Å²) in [5.74, 6) is -2.03. The second kappa shape index (κ2) is 12.3. The van der Waals surface area contributed by atoms with Gasteiger partial charge in [0.05, 0.1) is 47.3 Å². The molecule has 0 spiro atoms. The van der Waals surface area contributed by atoms with E-state index in [1.54, 1.807) is 23.7 Å². The van der Waals surface area contributed by atoms with Gasteiger partial charge >= 0.3 is 5.97 Å². The number of aryl methyl sites for hydroxylation is 1. The van der Waals surface area contributed by atoms with E-state index in [0.29, 0.717) is 27.9 Å². The van der Waals surface area contributed by atoms with Crippen LogP contribution in [0.15, 0.2) is 54.6 Å². The van der Waals surface area contributed by atoms with Gasteiger partial charge in [0.15, 0.2) is 0 Å². The van der Waals surface area contributed by atoms with Gasteiger partial charge in [0, 0.05) is 24.6 Å². The number of halogens is 1. The van der Waals surface area contributed by atoms with Crippen LogP contribution in [0.1, 0.15) is 43.9 Å². The molecule has 0 amide bonds. The molecule has 0 fully saturated rings. The number of hydrogen-bond acceptors (Lipinski definition) is 8. The fourth-order valence-electron chi connectivity index (χ4n) is 4.55. The van der Waals surface area contributed by atoms with Crippen molar-refractivity contribution in [2.24, 2.45) is 7.05 Å². The molecular weight excluding hydrogens is 565 g/mol. The summed E-state index contributed by atoms with van der Waals surface area (Å²) in [4.78, 5) is 24.7. The van der Waals surface area contributed by atoms with Gasteiger partial charge in [-0.15, -0.1) is 0 Å². The average Bonchev–Trinajstić information content (AvgIpc) is 3.22. The summed E-state index contributed by atoms with van der Waals surface area (Å²) in [6.07, 6.45) is 0.724. The van der Waals surface area contributed by atoms with Crippen LogP contribution >= 0.6 is 0 Å². The third-order valence-corrected chi connectivity index (χ3v) is 7.49. The highest BCUT2D eigenvalue weighted by atomic mass is 32.2. The highest BCUT2D eigenvalue weighted by Crippen LogP contribution is 2.35. The molecule has 13 heteroatoms. The number of carboxylic acid groups (broad SMARTS) is 1. The molecule has 2 atom stereocenters. The number of imidazole rings is 1. The van der Waals surface area contributed by atoms with E-state index in [0.717, 1.165) is 10.6 Å². The molecular formula is C29H32FN5O6S. The number of sulfonamides is 1. The van der Waals surface area contributed by atoms with E-state index < -0.39 is 40.4 Å². The highest BCUT2D eigenvalue weighted by molar-refractivity contribution is 7.92. The van der Waals surface area contributed by atoms with Crippen molar-refractivity contribution < 1.29 is 32.9 Å². The number of aliphatic hydroxyl groups is 2. The molecule has 42 heavy (non-hydrogen) atoms. The maximum Gasteiger partial charge on any atom is 0.305 e. The Labute approximate surface area is 242 Å². The molecule has 2 aromatic carbocycles. The molecule has 222 valence electrons. The lowest BCUT2D eigenvalue weighted by Crippen LogP contribution is -2.29. The van der Waals surface area contributed by atoms with Crippen molar-refractivity contribution in [1.29, 1.82) is 0 Å². The molecule has 0 unspecified atom stereocenters. The maximum absolute atomic E-state index is 13.9. The minimum Gasteiger partial charge on any atom is -0.481 e. The zero-order chi connectivity index (χ0) is 30.8. The van der Waals surface area contributed by atoms with Gasteiger partial charge in [-0.1, -0.05) is 38.1 Å². The first-order valence-electron chi connectivity index (χ1n) is 13.1. The minimum atomic E-state index is -4.02. The number of hydrogen-bond donors (Lipinski definition) is 3. The first-order chi connectivity index (χ1) is 19.8. The molecule has 11 nitrogen and oxygen atoms in total. The van der Waals surface area contributed by atoms with Crippen LogP contribution in [0.4, 0.5) is 16.3 Å².